The summed E-state index contributed by atoms with van der Waals surface area (Å²) in [6, 6.07) is 3.41. The van der Waals surface area contributed by atoms with Gasteiger partial charge in [-0.2, -0.15) is 0 Å². The summed E-state index contributed by atoms with van der Waals surface area (Å²) in [5.74, 6) is 0.714. The van der Waals surface area contributed by atoms with Crippen LogP contribution in [0.4, 0.5) is 5.82 Å². The van der Waals surface area contributed by atoms with E-state index in [-0.39, 0.29) is 28.6 Å². The van der Waals surface area contributed by atoms with Crippen LogP contribution in [0.3, 0.4) is 0 Å². The highest BCUT2D eigenvalue weighted by atomic mass is 35.5. The Hall–Kier alpha value is -2.03. The second-order valence-corrected chi connectivity index (χ2v) is 6.29. The first kappa shape index (κ1) is 16.8. The molecule has 0 bridgehead atoms. The third-order valence-corrected chi connectivity index (χ3v) is 4.59. The zero-order valence-corrected chi connectivity index (χ0v) is 14.6. The molecule has 0 aliphatic heterocycles. The highest BCUT2D eigenvalue weighted by Gasteiger charge is 2.15. The highest BCUT2D eigenvalue weighted by molar-refractivity contribution is 7.99. The normalized spacial score (nSPS) is 10.8. The quantitative estimate of drug-likeness (QED) is 0.662. The number of carbonyl (C=O) groups excluding carboxylic acids is 1. The number of halogens is 2. The summed E-state index contributed by atoms with van der Waals surface area (Å²) < 4.78 is 10.5. The average Bonchev–Trinajstić information content (AvgIpc) is 3.24. The molecule has 0 unspecified atom stereocenters. The Morgan fingerprint density at radius 1 is 1.38 bits per heavy atom. The molecule has 3 heterocycles. The van der Waals surface area contributed by atoms with E-state index in [0.717, 1.165) is 11.8 Å². The van der Waals surface area contributed by atoms with E-state index in [1.54, 1.807) is 19.1 Å². The standard InChI is InChI=1S/C14H10Cl2N4O3S/c1-7-8(15)5-17-12(11(7)16)18-10(21)6-24-14-20-19-13(23-14)9-3-2-4-22-9/h2-5H,6H2,1H3,(H,17,18,21). The molecule has 3 aromatic heterocycles. The summed E-state index contributed by atoms with van der Waals surface area (Å²) in [5, 5.41) is 11.3. The average molecular weight is 385 g/mol. The van der Waals surface area contributed by atoms with Gasteiger partial charge in [-0.3, -0.25) is 4.79 Å². The van der Waals surface area contributed by atoms with E-state index < -0.39 is 0 Å². The van der Waals surface area contributed by atoms with Crippen molar-refractivity contribution in [2.75, 3.05) is 11.1 Å². The maximum atomic E-state index is 12.0. The lowest BCUT2D eigenvalue weighted by molar-refractivity contribution is -0.113. The van der Waals surface area contributed by atoms with Crippen molar-refractivity contribution in [3.05, 3.63) is 40.2 Å². The van der Waals surface area contributed by atoms with Crippen molar-refractivity contribution in [1.29, 1.82) is 0 Å². The van der Waals surface area contributed by atoms with Gasteiger partial charge in [0.05, 0.1) is 22.1 Å². The maximum absolute atomic E-state index is 12.0. The first-order valence-corrected chi connectivity index (χ1v) is 8.39. The number of amides is 1. The highest BCUT2D eigenvalue weighted by Crippen LogP contribution is 2.29. The lowest BCUT2D eigenvalue weighted by Crippen LogP contribution is -2.15. The summed E-state index contributed by atoms with van der Waals surface area (Å²) in [6.07, 6.45) is 2.93. The third-order valence-electron chi connectivity index (χ3n) is 2.93. The summed E-state index contributed by atoms with van der Waals surface area (Å²) in [5.41, 5.74) is 0.649. The number of furan rings is 1. The Kier molecular flexibility index (Phi) is 5.08. The van der Waals surface area contributed by atoms with E-state index in [2.05, 4.69) is 20.5 Å². The van der Waals surface area contributed by atoms with E-state index >= 15 is 0 Å². The molecule has 7 nitrogen and oxygen atoms in total. The van der Waals surface area contributed by atoms with E-state index in [1.807, 2.05) is 0 Å². The number of pyridine rings is 1. The predicted octanol–water partition coefficient (Wildman–Crippen LogP) is 4.07. The van der Waals surface area contributed by atoms with Crippen molar-refractivity contribution < 1.29 is 13.6 Å². The minimum absolute atomic E-state index is 0.0550. The SMILES string of the molecule is Cc1c(Cl)cnc(NC(=O)CSc2nnc(-c3ccco3)o2)c1Cl. The number of nitrogens with one attached hydrogen (secondary N) is 1. The number of anilines is 1. The number of thioether (sulfide) groups is 1. The van der Waals surface area contributed by atoms with Gasteiger partial charge in [0, 0.05) is 6.20 Å². The molecule has 0 saturated carbocycles. The molecular weight excluding hydrogens is 375 g/mol. The molecule has 3 aromatic rings. The molecule has 1 N–H and O–H groups in total. The molecule has 124 valence electrons. The fraction of sp³-hybridized carbons (Fsp3) is 0.143. The minimum Gasteiger partial charge on any atom is -0.459 e. The Morgan fingerprint density at radius 2 is 2.21 bits per heavy atom. The van der Waals surface area contributed by atoms with Gasteiger partial charge in [0.25, 0.3) is 11.1 Å². The molecule has 3 rings (SSSR count). The van der Waals surface area contributed by atoms with Crippen molar-refractivity contribution in [3.8, 4) is 11.7 Å². The molecule has 0 radical (unpaired) electrons. The molecule has 0 aliphatic carbocycles. The second-order valence-electron chi connectivity index (χ2n) is 4.58. The monoisotopic (exact) mass is 384 g/mol. The Morgan fingerprint density at radius 3 is 2.96 bits per heavy atom. The molecular formula is C14H10Cl2N4O3S. The maximum Gasteiger partial charge on any atom is 0.284 e. The van der Waals surface area contributed by atoms with Crippen LogP contribution in [0.2, 0.25) is 10.0 Å². The van der Waals surface area contributed by atoms with Crippen LogP contribution in [0.5, 0.6) is 0 Å². The van der Waals surface area contributed by atoms with Crippen LogP contribution < -0.4 is 5.32 Å². The van der Waals surface area contributed by atoms with Crippen molar-refractivity contribution >= 4 is 46.7 Å². The van der Waals surface area contributed by atoms with Crippen LogP contribution in [-0.2, 0) is 4.79 Å². The minimum atomic E-state index is -0.311. The Bertz CT molecular complexity index is 867. The molecule has 24 heavy (non-hydrogen) atoms. The van der Waals surface area contributed by atoms with E-state index in [9.17, 15) is 4.79 Å². The van der Waals surface area contributed by atoms with Gasteiger partial charge in [-0.1, -0.05) is 35.0 Å². The number of aromatic nitrogens is 3. The van der Waals surface area contributed by atoms with Crippen LogP contribution in [0.1, 0.15) is 5.56 Å². The number of carbonyl (C=O) groups is 1. The van der Waals surface area contributed by atoms with Gasteiger partial charge >= 0.3 is 0 Å². The predicted molar refractivity (Wildman–Crippen MR) is 90.3 cm³/mol. The number of hydrogen-bond acceptors (Lipinski definition) is 7. The molecule has 0 spiro atoms. The van der Waals surface area contributed by atoms with Gasteiger partial charge < -0.3 is 14.2 Å². The number of hydrogen-bond donors (Lipinski definition) is 1. The lowest BCUT2D eigenvalue weighted by atomic mass is 10.3. The van der Waals surface area contributed by atoms with Gasteiger partial charge in [-0.25, -0.2) is 4.98 Å². The Labute approximate surface area is 150 Å². The van der Waals surface area contributed by atoms with E-state index in [0.29, 0.717) is 21.4 Å². The van der Waals surface area contributed by atoms with E-state index in [1.165, 1.54) is 12.5 Å². The summed E-state index contributed by atoms with van der Waals surface area (Å²) in [7, 11) is 0. The van der Waals surface area contributed by atoms with Crippen molar-refractivity contribution in [3.63, 3.8) is 0 Å². The molecule has 0 aliphatic rings. The topological polar surface area (TPSA) is 94.1 Å². The van der Waals surface area contributed by atoms with Crippen molar-refractivity contribution in [2.24, 2.45) is 0 Å². The second kappa shape index (κ2) is 7.25. The molecule has 0 fully saturated rings. The molecule has 0 saturated heterocycles. The Balaban J connectivity index is 1.59. The van der Waals surface area contributed by atoms with Gasteiger partial charge in [0.15, 0.2) is 11.6 Å². The first-order chi connectivity index (χ1) is 11.5. The molecule has 10 heteroatoms. The first-order valence-electron chi connectivity index (χ1n) is 6.65. The van der Waals surface area contributed by atoms with Crippen molar-refractivity contribution in [2.45, 2.75) is 12.1 Å². The fourth-order valence-corrected chi connectivity index (χ4v) is 2.66. The largest absolute Gasteiger partial charge is 0.459 e. The van der Waals surface area contributed by atoms with Gasteiger partial charge in [0.2, 0.25) is 5.91 Å². The summed E-state index contributed by atoms with van der Waals surface area (Å²) >= 11 is 13.1. The zero-order valence-electron chi connectivity index (χ0n) is 12.2. The fourth-order valence-electron chi connectivity index (χ4n) is 1.71. The van der Waals surface area contributed by atoms with Crippen molar-refractivity contribution in [1.82, 2.24) is 15.2 Å². The van der Waals surface area contributed by atoms with E-state index in [4.69, 9.17) is 32.0 Å². The number of rotatable bonds is 5. The molecule has 0 aromatic carbocycles. The summed E-state index contributed by atoms with van der Waals surface area (Å²) in [6.45, 7) is 1.74. The smallest absolute Gasteiger partial charge is 0.284 e. The third kappa shape index (κ3) is 3.72. The van der Waals surface area contributed by atoms with Crippen LogP contribution in [-0.4, -0.2) is 26.8 Å². The van der Waals surface area contributed by atoms with Gasteiger partial charge in [-0.15, -0.1) is 10.2 Å². The van der Waals surface area contributed by atoms with Crippen LogP contribution >= 0.6 is 35.0 Å². The number of nitrogens with zero attached hydrogens (tertiary/aromatic N) is 3. The summed E-state index contributed by atoms with van der Waals surface area (Å²) in [4.78, 5) is 16.0. The zero-order chi connectivity index (χ0) is 17.1. The molecule has 0 atom stereocenters. The van der Waals surface area contributed by atoms with Crippen LogP contribution in [0.15, 0.2) is 38.6 Å². The lowest BCUT2D eigenvalue weighted by Gasteiger charge is -2.08. The van der Waals surface area contributed by atoms with Crippen LogP contribution in [0.25, 0.3) is 11.7 Å². The van der Waals surface area contributed by atoms with Gasteiger partial charge in [-0.05, 0) is 24.6 Å². The van der Waals surface area contributed by atoms with Crippen LogP contribution in [0, 0.1) is 6.92 Å². The molecule has 1 amide bonds. The van der Waals surface area contributed by atoms with Gasteiger partial charge in [0.1, 0.15) is 0 Å².